The van der Waals surface area contributed by atoms with E-state index in [0.717, 1.165) is 24.0 Å². The second-order valence-electron chi connectivity index (χ2n) is 5.24. The van der Waals surface area contributed by atoms with Crippen molar-refractivity contribution < 1.29 is 0 Å². The summed E-state index contributed by atoms with van der Waals surface area (Å²) in [6, 6.07) is 8.22. The predicted octanol–water partition coefficient (Wildman–Crippen LogP) is 3.58. The first-order chi connectivity index (χ1) is 8.78. The van der Waals surface area contributed by atoms with Crippen LogP contribution in [0, 0.1) is 5.92 Å². The Balaban J connectivity index is 0.00000180. The Morgan fingerprint density at radius 3 is 2.68 bits per heavy atom. The maximum absolute atomic E-state index is 6.02. The van der Waals surface area contributed by atoms with Crippen molar-refractivity contribution >= 4 is 24.0 Å². The van der Waals surface area contributed by atoms with Crippen LogP contribution in [0.25, 0.3) is 0 Å². The highest BCUT2D eigenvalue weighted by Crippen LogP contribution is 2.22. The van der Waals surface area contributed by atoms with Crippen LogP contribution in [0.5, 0.6) is 0 Å². The maximum Gasteiger partial charge on any atom is 0.0409 e. The molecular formula is C15H24Cl2N2. The van der Waals surface area contributed by atoms with Crippen molar-refractivity contribution in [3.8, 4) is 0 Å². The van der Waals surface area contributed by atoms with E-state index in [0.29, 0.717) is 0 Å². The zero-order valence-electron chi connectivity index (χ0n) is 11.6. The number of piperidine rings is 1. The Hall–Kier alpha value is -0.280. The number of likely N-dealkylation sites (tertiary alicyclic amines) is 1. The molecule has 1 N–H and O–H groups in total. The molecule has 0 unspecified atom stereocenters. The molecule has 0 amide bonds. The van der Waals surface area contributed by atoms with Gasteiger partial charge in [0, 0.05) is 11.6 Å². The molecule has 0 aliphatic carbocycles. The summed E-state index contributed by atoms with van der Waals surface area (Å²) in [4.78, 5) is 2.54. The van der Waals surface area contributed by atoms with Crippen LogP contribution in [-0.4, -0.2) is 31.6 Å². The van der Waals surface area contributed by atoms with Gasteiger partial charge < -0.3 is 5.32 Å². The number of rotatable bonds is 5. The van der Waals surface area contributed by atoms with E-state index in [1.807, 2.05) is 19.2 Å². The van der Waals surface area contributed by atoms with Gasteiger partial charge in [0.05, 0.1) is 0 Å². The molecule has 0 atom stereocenters. The van der Waals surface area contributed by atoms with Crippen molar-refractivity contribution in [2.45, 2.75) is 25.8 Å². The quantitative estimate of drug-likeness (QED) is 0.894. The largest absolute Gasteiger partial charge is 0.320 e. The number of hydrogen-bond donors (Lipinski definition) is 1. The van der Waals surface area contributed by atoms with Gasteiger partial charge in [0.15, 0.2) is 0 Å². The lowest BCUT2D eigenvalue weighted by atomic mass is 9.93. The van der Waals surface area contributed by atoms with Gasteiger partial charge in [0.25, 0.3) is 0 Å². The molecule has 0 radical (unpaired) electrons. The normalized spacial score (nSPS) is 17.2. The minimum atomic E-state index is 0. The molecule has 108 valence electrons. The van der Waals surface area contributed by atoms with E-state index in [1.165, 1.54) is 37.9 Å². The van der Waals surface area contributed by atoms with Gasteiger partial charge in [0.2, 0.25) is 0 Å². The molecule has 1 saturated heterocycles. The van der Waals surface area contributed by atoms with E-state index in [-0.39, 0.29) is 12.4 Å². The van der Waals surface area contributed by atoms with Gasteiger partial charge in [0.1, 0.15) is 0 Å². The molecule has 1 fully saturated rings. The van der Waals surface area contributed by atoms with Gasteiger partial charge >= 0.3 is 0 Å². The highest BCUT2D eigenvalue weighted by molar-refractivity contribution is 6.30. The van der Waals surface area contributed by atoms with Crippen molar-refractivity contribution in [2.24, 2.45) is 5.92 Å². The molecular weight excluding hydrogens is 279 g/mol. The van der Waals surface area contributed by atoms with Crippen molar-refractivity contribution in [1.29, 1.82) is 0 Å². The van der Waals surface area contributed by atoms with E-state index in [9.17, 15) is 0 Å². The summed E-state index contributed by atoms with van der Waals surface area (Å²) in [6.45, 7) is 4.64. The third-order valence-corrected chi connectivity index (χ3v) is 4.04. The topological polar surface area (TPSA) is 15.3 Å². The molecule has 2 nitrogen and oxygen atoms in total. The molecule has 2 rings (SSSR count). The van der Waals surface area contributed by atoms with Crippen LogP contribution in [0.4, 0.5) is 0 Å². The zero-order chi connectivity index (χ0) is 12.8. The van der Waals surface area contributed by atoms with Crippen LogP contribution >= 0.6 is 24.0 Å². The molecule has 0 bridgehead atoms. The molecule has 1 aliphatic rings. The summed E-state index contributed by atoms with van der Waals surface area (Å²) < 4.78 is 0. The molecule has 1 aliphatic heterocycles. The van der Waals surface area contributed by atoms with Crippen LogP contribution < -0.4 is 5.32 Å². The lowest BCUT2D eigenvalue weighted by Gasteiger charge is -2.32. The third-order valence-electron chi connectivity index (χ3n) is 3.80. The molecule has 0 saturated carbocycles. The van der Waals surface area contributed by atoms with Gasteiger partial charge in [-0.05, 0) is 69.6 Å². The van der Waals surface area contributed by atoms with Crippen molar-refractivity contribution in [3.05, 3.63) is 34.9 Å². The number of nitrogens with one attached hydrogen (secondary N) is 1. The fourth-order valence-corrected chi connectivity index (χ4v) is 2.89. The Kier molecular flexibility index (Phi) is 7.77. The standard InChI is InChI=1S/C15H23ClN2.ClH/c1-17-8-5-13-6-9-18(10-7-13)12-14-3-2-4-15(16)11-14;/h2-4,11,13,17H,5-10,12H2,1H3;1H. The molecule has 19 heavy (non-hydrogen) atoms. The van der Waals surface area contributed by atoms with Gasteiger partial charge in [-0.1, -0.05) is 23.7 Å². The van der Waals surface area contributed by atoms with E-state index in [1.54, 1.807) is 0 Å². The van der Waals surface area contributed by atoms with Gasteiger partial charge in [-0.25, -0.2) is 0 Å². The minimum absolute atomic E-state index is 0. The highest BCUT2D eigenvalue weighted by Gasteiger charge is 2.18. The lowest BCUT2D eigenvalue weighted by Crippen LogP contribution is -2.34. The highest BCUT2D eigenvalue weighted by atomic mass is 35.5. The minimum Gasteiger partial charge on any atom is -0.320 e. The molecule has 4 heteroatoms. The monoisotopic (exact) mass is 302 g/mol. The Morgan fingerprint density at radius 2 is 2.05 bits per heavy atom. The molecule has 1 aromatic rings. The van der Waals surface area contributed by atoms with Crippen LogP contribution in [0.2, 0.25) is 5.02 Å². The van der Waals surface area contributed by atoms with Crippen molar-refractivity contribution in [2.75, 3.05) is 26.7 Å². The van der Waals surface area contributed by atoms with Crippen LogP contribution in [-0.2, 0) is 6.54 Å². The first-order valence-corrected chi connectivity index (χ1v) is 7.27. The maximum atomic E-state index is 6.02. The average molecular weight is 303 g/mol. The summed E-state index contributed by atoms with van der Waals surface area (Å²) in [5, 5.41) is 4.09. The van der Waals surface area contributed by atoms with Gasteiger partial charge in [-0.15, -0.1) is 12.4 Å². The van der Waals surface area contributed by atoms with Crippen molar-refractivity contribution in [3.63, 3.8) is 0 Å². The summed E-state index contributed by atoms with van der Waals surface area (Å²) in [5.74, 6) is 0.910. The lowest BCUT2D eigenvalue weighted by molar-refractivity contribution is 0.172. The second-order valence-corrected chi connectivity index (χ2v) is 5.68. The Bertz CT molecular complexity index is 363. The van der Waals surface area contributed by atoms with E-state index in [4.69, 9.17) is 11.6 Å². The first kappa shape index (κ1) is 16.8. The number of hydrogen-bond acceptors (Lipinski definition) is 2. The van der Waals surface area contributed by atoms with E-state index in [2.05, 4.69) is 22.3 Å². The van der Waals surface area contributed by atoms with Crippen LogP contribution in [0.15, 0.2) is 24.3 Å². The fourth-order valence-electron chi connectivity index (χ4n) is 2.68. The Labute approximate surface area is 127 Å². The molecule has 1 heterocycles. The second kappa shape index (κ2) is 8.80. The molecule has 0 aromatic heterocycles. The van der Waals surface area contributed by atoms with Gasteiger partial charge in [-0.2, -0.15) is 0 Å². The number of nitrogens with zero attached hydrogens (tertiary/aromatic N) is 1. The van der Waals surface area contributed by atoms with Crippen LogP contribution in [0.1, 0.15) is 24.8 Å². The SMILES string of the molecule is CNCCC1CCN(Cc2cccc(Cl)c2)CC1.Cl. The van der Waals surface area contributed by atoms with E-state index < -0.39 is 0 Å². The summed E-state index contributed by atoms with van der Waals surface area (Å²) >= 11 is 6.02. The summed E-state index contributed by atoms with van der Waals surface area (Å²) in [7, 11) is 2.04. The fraction of sp³-hybridized carbons (Fsp3) is 0.600. The summed E-state index contributed by atoms with van der Waals surface area (Å²) in [6.07, 6.45) is 3.99. The predicted molar refractivity (Wildman–Crippen MR) is 85.2 cm³/mol. The smallest absolute Gasteiger partial charge is 0.0409 e. The van der Waals surface area contributed by atoms with E-state index >= 15 is 0 Å². The number of benzene rings is 1. The van der Waals surface area contributed by atoms with Crippen molar-refractivity contribution in [1.82, 2.24) is 10.2 Å². The zero-order valence-corrected chi connectivity index (χ0v) is 13.1. The Morgan fingerprint density at radius 1 is 1.32 bits per heavy atom. The first-order valence-electron chi connectivity index (χ1n) is 6.89. The van der Waals surface area contributed by atoms with Gasteiger partial charge in [-0.3, -0.25) is 4.90 Å². The molecule has 0 spiro atoms. The summed E-state index contributed by atoms with van der Waals surface area (Å²) in [5.41, 5.74) is 1.33. The third kappa shape index (κ3) is 5.70. The average Bonchev–Trinajstić information content (AvgIpc) is 2.38. The number of halogens is 2. The van der Waals surface area contributed by atoms with Crippen LogP contribution in [0.3, 0.4) is 0 Å². The molecule has 1 aromatic carbocycles.